The molecule has 2 aliphatic rings. The molecule has 2 aromatic carbocycles. The molecule has 0 radical (unpaired) electrons. The van der Waals surface area contributed by atoms with Crippen LogP contribution in [0.15, 0.2) is 53.3 Å². The molecule has 3 aromatic rings. The quantitative estimate of drug-likeness (QED) is 0.531. The molecule has 0 spiro atoms. The summed E-state index contributed by atoms with van der Waals surface area (Å²) >= 11 is 0. The molecule has 0 aliphatic carbocycles. The van der Waals surface area contributed by atoms with Crippen molar-refractivity contribution in [2.24, 2.45) is 0 Å². The third-order valence-corrected chi connectivity index (χ3v) is 6.91. The molecule has 9 heteroatoms. The van der Waals surface area contributed by atoms with Crippen LogP contribution in [0.1, 0.15) is 51.0 Å². The summed E-state index contributed by atoms with van der Waals surface area (Å²) in [5.74, 6) is -0.128. The Kier molecular flexibility index (Phi) is 6.90. The molecule has 1 amide bonds. The summed E-state index contributed by atoms with van der Waals surface area (Å²) in [6.07, 6.45) is 0.995. The van der Waals surface area contributed by atoms with Gasteiger partial charge in [-0.3, -0.25) is 14.6 Å². The Bertz CT molecular complexity index is 1330. The Hall–Kier alpha value is -3.46. The summed E-state index contributed by atoms with van der Waals surface area (Å²) in [4.78, 5) is 35.6. The van der Waals surface area contributed by atoms with Gasteiger partial charge < -0.3 is 9.75 Å². The topological polar surface area (TPSA) is 70.9 Å². The van der Waals surface area contributed by atoms with Crippen molar-refractivity contribution < 1.29 is 13.9 Å². The Balaban J connectivity index is 1.49. The van der Waals surface area contributed by atoms with Crippen molar-refractivity contribution in [3.05, 3.63) is 76.1 Å². The van der Waals surface area contributed by atoms with Crippen molar-refractivity contribution >= 4 is 17.0 Å². The monoisotopic (exact) mass is 507 g/mol. The van der Waals surface area contributed by atoms with Gasteiger partial charge in [-0.1, -0.05) is 36.4 Å². The first-order valence-electron chi connectivity index (χ1n) is 12.9. The van der Waals surface area contributed by atoms with Gasteiger partial charge in [-0.2, -0.15) is 0 Å². The molecular weight excluding hydrogens is 473 g/mol. The normalized spacial score (nSPS) is 19.0. The smallest absolute Gasteiger partial charge is 0.410 e. The van der Waals surface area contributed by atoms with Crippen molar-refractivity contribution in [1.29, 1.82) is 0 Å². The van der Waals surface area contributed by atoms with Crippen LogP contribution in [0.2, 0.25) is 0 Å². The highest BCUT2D eigenvalue weighted by molar-refractivity contribution is 5.78. The van der Waals surface area contributed by atoms with E-state index in [1.165, 1.54) is 16.3 Å². The van der Waals surface area contributed by atoms with E-state index in [-0.39, 0.29) is 5.39 Å². The minimum Gasteiger partial charge on any atom is -0.444 e. The lowest BCUT2D eigenvalue weighted by molar-refractivity contribution is 0.0214. The number of carbonyl (C=O) groups excluding carboxylic acids is 1. The van der Waals surface area contributed by atoms with E-state index in [0.29, 0.717) is 37.4 Å². The number of hydrogen-bond acceptors (Lipinski definition) is 6. The molecule has 2 aliphatic heterocycles. The van der Waals surface area contributed by atoms with Crippen molar-refractivity contribution in [1.82, 2.24) is 19.5 Å². The van der Waals surface area contributed by atoms with E-state index < -0.39 is 29.1 Å². The van der Waals surface area contributed by atoms with E-state index in [0.717, 1.165) is 26.1 Å². The maximum atomic E-state index is 14.8. The molecule has 5 rings (SSSR count). The highest BCUT2D eigenvalue weighted by Crippen LogP contribution is 2.33. The zero-order valence-electron chi connectivity index (χ0n) is 21.7. The van der Waals surface area contributed by atoms with E-state index in [2.05, 4.69) is 17.0 Å². The molecule has 0 N–H and O–H groups in total. The molecule has 2 fully saturated rings. The first-order valence-corrected chi connectivity index (χ1v) is 12.9. The van der Waals surface area contributed by atoms with Crippen LogP contribution >= 0.6 is 0 Å². The van der Waals surface area contributed by atoms with Crippen LogP contribution < -0.4 is 10.6 Å². The molecule has 8 nitrogen and oxygen atoms in total. The number of likely N-dealkylation sites (tertiary alicyclic amines) is 1. The number of hydrogen-bond donors (Lipinski definition) is 0. The number of nitrogens with zero attached hydrogens (tertiary/aromatic N) is 5. The minimum absolute atomic E-state index is 0.0280. The minimum atomic E-state index is -0.640. The van der Waals surface area contributed by atoms with Crippen LogP contribution in [-0.2, 0) is 11.3 Å². The highest BCUT2D eigenvalue weighted by atomic mass is 19.1. The number of benzene rings is 2. The highest BCUT2D eigenvalue weighted by Gasteiger charge is 2.37. The van der Waals surface area contributed by atoms with Crippen molar-refractivity contribution in [3.8, 4) is 0 Å². The molecular formula is C28H34FN5O3. The Morgan fingerprint density at radius 2 is 1.76 bits per heavy atom. The number of carbonyl (C=O) groups is 1. The van der Waals surface area contributed by atoms with Gasteiger partial charge >= 0.3 is 6.09 Å². The number of ether oxygens (including phenoxy) is 1. The van der Waals surface area contributed by atoms with E-state index in [1.54, 1.807) is 17.0 Å². The fourth-order valence-corrected chi connectivity index (χ4v) is 5.20. The molecule has 1 aromatic heterocycles. The number of aromatic nitrogens is 2. The summed E-state index contributed by atoms with van der Waals surface area (Å²) in [7, 11) is 0. The Morgan fingerprint density at radius 3 is 2.46 bits per heavy atom. The lowest BCUT2D eigenvalue weighted by Gasteiger charge is -2.38. The average molecular weight is 508 g/mol. The lowest BCUT2D eigenvalue weighted by Crippen LogP contribution is -2.55. The molecule has 1 atom stereocenters. The second-order valence-electron chi connectivity index (χ2n) is 10.8. The van der Waals surface area contributed by atoms with Gasteiger partial charge in [-0.25, -0.2) is 18.8 Å². The predicted octanol–water partition coefficient (Wildman–Crippen LogP) is 4.06. The van der Waals surface area contributed by atoms with Crippen LogP contribution in [0.25, 0.3) is 10.9 Å². The first kappa shape index (κ1) is 25.2. The fraction of sp³-hybridized carbons (Fsp3) is 0.464. The molecule has 0 saturated carbocycles. The van der Waals surface area contributed by atoms with Gasteiger partial charge in [0.1, 0.15) is 16.8 Å². The predicted molar refractivity (Wildman–Crippen MR) is 141 cm³/mol. The maximum absolute atomic E-state index is 14.8. The number of halogens is 1. The van der Waals surface area contributed by atoms with Gasteiger partial charge in [0.15, 0.2) is 5.82 Å². The molecule has 196 valence electrons. The summed E-state index contributed by atoms with van der Waals surface area (Å²) < 4.78 is 22.0. The van der Waals surface area contributed by atoms with Crippen LogP contribution in [0.3, 0.4) is 0 Å². The molecule has 3 heterocycles. The largest absolute Gasteiger partial charge is 0.444 e. The van der Waals surface area contributed by atoms with E-state index in [1.807, 2.05) is 44.0 Å². The number of fused-ring (bicyclic) bond motifs is 1. The Labute approximate surface area is 216 Å². The van der Waals surface area contributed by atoms with Crippen LogP contribution in [-0.4, -0.2) is 63.9 Å². The number of rotatable bonds is 4. The van der Waals surface area contributed by atoms with Crippen molar-refractivity contribution in [2.75, 3.05) is 37.7 Å². The van der Waals surface area contributed by atoms with Crippen molar-refractivity contribution in [3.63, 3.8) is 0 Å². The summed E-state index contributed by atoms with van der Waals surface area (Å²) in [5.41, 5.74) is 0.460. The zero-order chi connectivity index (χ0) is 26.2. The van der Waals surface area contributed by atoms with Crippen LogP contribution in [0.5, 0.6) is 0 Å². The van der Waals surface area contributed by atoms with Gasteiger partial charge in [0.2, 0.25) is 0 Å². The lowest BCUT2D eigenvalue weighted by atomic mass is 10.1. The standard InChI is InChI=1S/C28H34FN5O3/c1-28(2,3)37-27(36)33-14-8-13-23(33)25-30-22-12-7-11-21(29)24(22)26(35)34(25)32-17-15-31(16-18-32)19-20-9-5-4-6-10-20/h4-7,9-12,23H,8,13-19H2,1-3H3/t23-/m1/s1. The van der Waals surface area contributed by atoms with E-state index >= 15 is 0 Å². The van der Waals surface area contributed by atoms with E-state index in [4.69, 9.17) is 9.72 Å². The fourth-order valence-electron chi connectivity index (χ4n) is 5.20. The number of amides is 1. The summed E-state index contributed by atoms with van der Waals surface area (Å²) in [5, 5.41) is 1.92. The third-order valence-electron chi connectivity index (χ3n) is 6.91. The van der Waals surface area contributed by atoms with E-state index in [9.17, 15) is 14.0 Å². The van der Waals surface area contributed by atoms with Crippen LogP contribution in [0.4, 0.5) is 9.18 Å². The Morgan fingerprint density at radius 1 is 1.03 bits per heavy atom. The number of piperazine rings is 1. The SMILES string of the molecule is CC(C)(C)OC(=O)N1CCC[C@@H]1c1nc2cccc(F)c2c(=O)n1N1CCN(Cc2ccccc2)CC1. The first-order chi connectivity index (χ1) is 17.7. The second-order valence-corrected chi connectivity index (χ2v) is 10.8. The summed E-state index contributed by atoms with van der Waals surface area (Å²) in [6, 6.07) is 14.3. The van der Waals surface area contributed by atoms with Gasteiger partial charge in [-0.05, 0) is 51.3 Å². The molecule has 0 unspecified atom stereocenters. The van der Waals surface area contributed by atoms with Gasteiger partial charge in [0.25, 0.3) is 5.56 Å². The van der Waals surface area contributed by atoms with Gasteiger partial charge in [0.05, 0.1) is 11.6 Å². The molecule has 0 bridgehead atoms. The second kappa shape index (κ2) is 10.1. The maximum Gasteiger partial charge on any atom is 0.410 e. The molecule has 37 heavy (non-hydrogen) atoms. The van der Waals surface area contributed by atoms with Gasteiger partial charge in [0, 0.05) is 39.3 Å². The van der Waals surface area contributed by atoms with Crippen LogP contribution in [0, 0.1) is 5.82 Å². The summed E-state index contributed by atoms with van der Waals surface area (Å²) in [6.45, 7) is 9.50. The van der Waals surface area contributed by atoms with Gasteiger partial charge in [-0.15, -0.1) is 0 Å². The zero-order valence-corrected chi connectivity index (χ0v) is 21.7. The average Bonchev–Trinajstić information content (AvgIpc) is 3.34. The third kappa shape index (κ3) is 5.32. The molecule has 2 saturated heterocycles. The van der Waals surface area contributed by atoms with Crippen molar-refractivity contribution in [2.45, 2.75) is 51.8 Å².